The highest BCUT2D eigenvalue weighted by Crippen LogP contribution is 2.23. The third kappa shape index (κ3) is 5.86. The minimum atomic E-state index is -0.449. The van der Waals surface area contributed by atoms with Gasteiger partial charge in [-0.05, 0) is 29.7 Å². The summed E-state index contributed by atoms with van der Waals surface area (Å²) in [6, 6.07) is 26.6. The van der Waals surface area contributed by atoms with Gasteiger partial charge in [0, 0.05) is 26.1 Å². The smallest absolute Gasteiger partial charge is 0.253 e. The van der Waals surface area contributed by atoms with Crippen molar-refractivity contribution in [1.82, 2.24) is 10.2 Å². The molecule has 0 spiro atoms. The van der Waals surface area contributed by atoms with Gasteiger partial charge in [-0.15, -0.1) is 0 Å². The van der Waals surface area contributed by atoms with Crippen LogP contribution in [-0.4, -0.2) is 35.7 Å². The van der Waals surface area contributed by atoms with Crippen molar-refractivity contribution in [2.45, 2.75) is 19.4 Å². The van der Waals surface area contributed by atoms with Gasteiger partial charge in [0.15, 0.2) is 0 Å². The SMILES string of the molecule is O=C(NCCc1ccccc1)c1ccccc1NC(=O)[C@H]1CC(=O)N(Cc2ccccc2)C1. The molecule has 1 fully saturated rings. The van der Waals surface area contributed by atoms with Crippen molar-refractivity contribution in [2.24, 2.45) is 5.92 Å². The maximum Gasteiger partial charge on any atom is 0.253 e. The number of benzene rings is 3. The van der Waals surface area contributed by atoms with Crippen molar-refractivity contribution in [3.63, 3.8) is 0 Å². The first-order chi connectivity index (χ1) is 16.1. The van der Waals surface area contributed by atoms with E-state index < -0.39 is 5.92 Å². The maximum atomic E-state index is 12.9. The molecule has 0 aromatic heterocycles. The molecule has 1 atom stereocenters. The Kier molecular flexibility index (Phi) is 7.15. The molecular formula is C27H27N3O3. The Hall–Kier alpha value is -3.93. The fraction of sp³-hybridized carbons (Fsp3) is 0.222. The van der Waals surface area contributed by atoms with Gasteiger partial charge in [0.1, 0.15) is 0 Å². The van der Waals surface area contributed by atoms with Gasteiger partial charge in [-0.1, -0.05) is 72.8 Å². The fourth-order valence-corrected chi connectivity index (χ4v) is 3.99. The molecule has 6 heteroatoms. The molecule has 3 amide bonds. The molecule has 1 aliphatic heterocycles. The van der Waals surface area contributed by atoms with Crippen LogP contribution in [0.25, 0.3) is 0 Å². The van der Waals surface area contributed by atoms with Crippen molar-refractivity contribution >= 4 is 23.4 Å². The molecule has 1 aliphatic rings. The highest BCUT2D eigenvalue weighted by molar-refractivity contribution is 6.05. The molecule has 33 heavy (non-hydrogen) atoms. The molecule has 3 aromatic rings. The first kappa shape index (κ1) is 22.3. The van der Waals surface area contributed by atoms with Gasteiger partial charge < -0.3 is 15.5 Å². The summed E-state index contributed by atoms with van der Waals surface area (Å²) in [5, 5.41) is 5.79. The van der Waals surface area contributed by atoms with Crippen molar-refractivity contribution in [1.29, 1.82) is 0 Å². The molecule has 168 valence electrons. The quantitative estimate of drug-likeness (QED) is 0.560. The number of nitrogens with one attached hydrogen (secondary N) is 2. The van der Waals surface area contributed by atoms with Crippen LogP contribution in [0.1, 0.15) is 27.9 Å². The van der Waals surface area contributed by atoms with Crippen molar-refractivity contribution in [3.8, 4) is 0 Å². The topological polar surface area (TPSA) is 78.5 Å². The molecule has 2 N–H and O–H groups in total. The lowest BCUT2D eigenvalue weighted by atomic mass is 10.1. The average molecular weight is 442 g/mol. The minimum Gasteiger partial charge on any atom is -0.352 e. The number of hydrogen-bond acceptors (Lipinski definition) is 3. The van der Waals surface area contributed by atoms with Gasteiger partial charge in [-0.2, -0.15) is 0 Å². The summed E-state index contributed by atoms with van der Waals surface area (Å²) in [7, 11) is 0. The van der Waals surface area contributed by atoms with Crippen LogP contribution in [0, 0.1) is 5.92 Å². The zero-order valence-electron chi connectivity index (χ0n) is 18.4. The highest BCUT2D eigenvalue weighted by atomic mass is 16.2. The lowest BCUT2D eigenvalue weighted by molar-refractivity contribution is -0.128. The van der Waals surface area contributed by atoms with Crippen LogP contribution in [0.15, 0.2) is 84.9 Å². The Bertz CT molecular complexity index is 1120. The van der Waals surface area contributed by atoms with Gasteiger partial charge >= 0.3 is 0 Å². The molecule has 0 bridgehead atoms. The third-order valence-electron chi connectivity index (χ3n) is 5.77. The fourth-order valence-electron chi connectivity index (χ4n) is 3.99. The normalized spacial score (nSPS) is 15.3. The van der Waals surface area contributed by atoms with Gasteiger partial charge in [-0.25, -0.2) is 0 Å². The van der Waals surface area contributed by atoms with E-state index >= 15 is 0 Å². The van der Waals surface area contributed by atoms with E-state index in [2.05, 4.69) is 10.6 Å². The van der Waals surface area contributed by atoms with Crippen LogP contribution in [0.3, 0.4) is 0 Å². The van der Waals surface area contributed by atoms with Gasteiger partial charge in [0.05, 0.1) is 17.2 Å². The van der Waals surface area contributed by atoms with Crippen molar-refractivity contribution < 1.29 is 14.4 Å². The standard InChI is InChI=1S/C27H27N3O3/c31-25-17-22(19-30(25)18-21-11-5-2-6-12-21)26(32)29-24-14-8-7-13-23(24)27(33)28-16-15-20-9-3-1-4-10-20/h1-14,22H,15-19H2,(H,28,33)(H,29,32)/t22-/m0/s1. The Labute approximate surface area is 193 Å². The zero-order chi connectivity index (χ0) is 23.0. The van der Waals surface area contributed by atoms with E-state index in [0.29, 0.717) is 30.9 Å². The van der Waals surface area contributed by atoms with E-state index in [9.17, 15) is 14.4 Å². The van der Waals surface area contributed by atoms with Gasteiger partial charge in [0.2, 0.25) is 11.8 Å². The number of anilines is 1. The molecule has 3 aromatic carbocycles. The summed E-state index contributed by atoms with van der Waals surface area (Å²) >= 11 is 0. The monoisotopic (exact) mass is 441 g/mol. The Morgan fingerprint density at radius 2 is 1.48 bits per heavy atom. The maximum absolute atomic E-state index is 12.9. The number of para-hydroxylation sites is 1. The molecule has 4 rings (SSSR count). The Morgan fingerprint density at radius 3 is 2.21 bits per heavy atom. The summed E-state index contributed by atoms with van der Waals surface area (Å²) in [5.74, 6) is -0.972. The molecule has 0 unspecified atom stereocenters. The second-order valence-corrected chi connectivity index (χ2v) is 8.19. The Morgan fingerprint density at radius 1 is 0.848 bits per heavy atom. The van der Waals surface area contributed by atoms with E-state index in [4.69, 9.17) is 0 Å². The summed E-state index contributed by atoms with van der Waals surface area (Å²) in [5.41, 5.74) is 3.04. The van der Waals surface area contributed by atoms with E-state index in [1.165, 1.54) is 0 Å². The van der Waals surface area contributed by atoms with Crippen molar-refractivity contribution in [3.05, 3.63) is 102 Å². The molecule has 1 heterocycles. The summed E-state index contributed by atoms with van der Waals surface area (Å²) in [6.45, 7) is 1.35. The molecule has 1 saturated heterocycles. The largest absolute Gasteiger partial charge is 0.352 e. The van der Waals surface area contributed by atoms with Crippen molar-refractivity contribution in [2.75, 3.05) is 18.4 Å². The number of hydrogen-bond donors (Lipinski definition) is 2. The number of rotatable bonds is 8. The zero-order valence-corrected chi connectivity index (χ0v) is 18.4. The lowest BCUT2D eigenvalue weighted by Gasteiger charge is -2.17. The lowest BCUT2D eigenvalue weighted by Crippen LogP contribution is -2.30. The van der Waals surface area contributed by atoms with E-state index in [0.717, 1.165) is 17.5 Å². The van der Waals surface area contributed by atoms with Crippen LogP contribution < -0.4 is 10.6 Å². The minimum absolute atomic E-state index is 0.0362. The van der Waals surface area contributed by atoms with Crippen LogP contribution in [0.5, 0.6) is 0 Å². The van der Waals surface area contributed by atoms with E-state index in [1.54, 1.807) is 29.2 Å². The number of likely N-dealkylation sites (tertiary alicyclic amines) is 1. The molecule has 0 saturated carbocycles. The molecule has 6 nitrogen and oxygen atoms in total. The third-order valence-corrected chi connectivity index (χ3v) is 5.77. The summed E-state index contributed by atoms with van der Waals surface area (Å²) in [4.78, 5) is 39.8. The number of carbonyl (C=O) groups is 3. The first-order valence-electron chi connectivity index (χ1n) is 11.1. The second-order valence-electron chi connectivity index (χ2n) is 8.19. The molecular weight excluding hydrogens is 414 g/mol. The predicted molar refractivity (Wildman–Crippen MR) is 128 cm³/mol. The molecule has 0 aliphatic carbocycles. The summed E-state index contributed by atoms with van der Waals surface area (Å²) < 4.78 is 0. The first-order valence-corrected chi connectivity index (χ1v) is 11.1. The number of nitrogens with zero attached hydrogens (tertiary/aromatic N) is 1. The van der Waals surface area contributed by atoms with Gasteiger partial charge in [0.25, 0.3) is 5.91 Å². The second kappa shape index (κ2) is 10.6. The highest BCUT2D eigenvalue weighted by Gasteiger charge is 2.34. The number of carbonyl (C=O) groups excluding carboxylic acids is 3. The number of amides is 3. The van der Waals surface area contributed by atoms with Crippen LogP contribution >= 0.6 is 0 Å². The van der Waals surface area contributed by atoms with E-state index in [-0.39, 0.29) is 24.1 Å². The van der Waals surface area contributed by atoms with Gasteiger partial charge in [-0.3, -0.25) is 14.4 Å². The van der Waals surface area contributed by atoms with Crippen LogP contribution in [0.2, 0.25) is 0 Å². The van der Waals surface area contributed by atoms with Crippen LogP contribution in [-0.2, 0) is 22.6 Å². The average Bonchev–Trinajstić information content (AvgIpc) is 3.21. The Balaban J connectivity index is 1.34. The summed E-state index contributed by atoms with van der Waals surface area (Å²) in [6.07, 6.45) is 0.895. The molecule has 0 radical (unpaired) electrons. The van der Waals surface area contributed by atoms with Crippen LogP contribution in [0.4, 0.5) is 5.69 Å². The predicted octanol–water partition coefficient (Wildman–Crippen LogP) is 3.65. The van der Waals surface area contributed by atoms with E-state index in [1.807, 2.05) is 60.7 Å².